The summed E-state index contributed by atoms with van der Waals surface area (Å²) in [6, 6.07) is 18.2. The first kappa shape index (κ1) is 22.5. The van der Waals surface area contributed by atoms with Crippen molar-refractivity contribution in [3.8, 4) is 11.5 Å². The number of hydrogen-bond donors (Lipinski definition) is 2. The van der Waals surface area contributed by atoms with Crippen LogP contribution in [0.15, 0.2) is 65.8 Å². The molecule has 33 heavy (non-hydrogen) atoms. The van der Waals surface area contributed by atoms with E-state index < -0.39 is 0 Å². The number of guanidine groups is 1. The highest BCUT2D eigenvalue weighted by molar-refractivity contribution is 5.94. The second-order valence-corrected chi connectivity index (χ2v) is 8.16. The van der Waals surface area contributed by atoms with Crippen molar-refractivity contribution in [3.63, 3.8) is 0 Å². The van der Waals surface area contributed by atoms with Gasteiger partial charge in [0.2, 0.25) is 0 Å². The third kappa shape index (κ3) is 5.94. The Hall–Kier alpha value is -3.74. The topological polar surface area (TPSA) is 71.0 Å². The van der Waals surface area contributed by atoms with Crippen molar-refractivity contribution in [1.82, 2.24) is 10.3 Å². The van der Waals surface area contributed by atoms with Gasteiger partial charge in [0, 0.05) is 50.6 Å². The number of nitrogens with one attached hydrogen (secondary N) is 2. The summed E-state index contributed by atoms with van der Waals surface area (Å²) in [6.45, 7) is 4.59. The quantitative estimate of drug-likeness (QED) is 0.434. The summed E-state index contributed by atoms with van der Waals surface area (Å²) < 4.78 is 11.6. The summed E-state index contributed by atoms with van der Waals surface area (Å²) in [5, 5.41) is 6.90. The van der Waals surface area contributed by atoms with E-state index >= 15 is 0 Å². The number of anilines is 2. The second-order valence-electron chi connectivity index (χ2n) is 8.16. The van der Waals surface area contributed by atoms with Crippen molar-refractivity contribution < 1.29 is 9.47 Å². The standard InChI is InChI=1S/C26H31N5O2/c1-19-8-4-5-9-20(19)17-28-26(29-18-21-10-6-13-27-25(21)31(2)3)30-22-11-12-23-24(16-22)33-15-7-14-32-23/h4-6,8-13,16H,7,14-15,17-18H2,1-3H3,(H2,28,29,30). The Morgan fingerprint density at radius 3 is 2.61 bits per heavy atom. The average Bonchev–Trinajstić information content (AvgIpc) is 3.07. The Morgan fingerprint density at radius 2 is 1.79 bits per heavy atom. The van der Waals surface area contributed by atoms with Gasteiger partial charge in [0.05, 0.1) is 19.8 Å². The summed E-state index contributed by atoms with van der Waals surface area (Å²) >= 11 is 0. The molecule has 1 aromatic heterocycles. The van der Waals surface area contributed by atoms with Crippen LogP contribution in [0.3, 0.4) is 0 Å². The third-order valence-corrected chi connectivity index (χ3v) is 5.42. The average molecular weight is 446 g/mol. The maximum atomic E-state index is 5.85. The summed E-state index contributed by atoms with van der Waals surface area (Å²) in [4.78, 5) is 11.4. The van der Waals surface area contributed by atoms with Crippen molar-refractivity contribution in [1.29, 1.82) is 0 Å². The van der Waals surface area contributed by atoms with E-state index in [0.29, 0.717) is 32.3 Å². The minimum absolute atomic E-state index is 0.495. The van der Waals surface area contributed by atoms with Gasteiger partial charge in [-0.3, -0.25) is 0 Å². The fourth-order valence-electron chi connectivity index (χ4n) is 3.63. The molecule has 0 spiro atoms. The fourth-order valence-corrected chi connectivity index (χ4v) is 3.63. The lowest BCUT2D eigenvalue weighted by atomic mass is 10.1. The number of fused-ring (bicyclic) bond motifs is 1. The zero-order chi connectivity index (χ0) is 23.0. The molecule has 2 heterocycles. The minimum Gasteiger partial charge on any atom is -0.490 e. The maximum Gasteiger partial charge on any atom is 0.196 e. The molecular weight excluding hydrogens is 414 g/mol. The Labute approximate surface area is 195 Å². The first-order chi connectivity index (χ1) is 16.1. The Kier molecular flexibility index (Phi) is 7.29. The van der Waals surface area contributed by atoms with Crippen LogP contribution < -0.4 is 25.0 Å². The predicted octanol–water partition coefficient (Wildman–Crippen LogP) is 4.38. The molecule has 0 atom stereocenters. The number of pyridine rings is 1. The molecule has 7 heteroatoms. The molecule has 3 aromatic rings. The molecule has 0 saturated carbocycles. The number of aryl methyl sites for hydroxylation is 1. The van der Waals surface area contributed by atoms with Gasteiger partial charge in [0.1, 0.15) is 5.82 Å². The van der Waals surface area contributed by atoms with E-state index in [0.717, 1.165) is 35.0 Å². The van der Waals surface area contributed by atoms with E-state index in [9.17, 15) is 0 Å². The highest BCUT2D eigenvalue weighted by atomic mass is 16.5. The van der Waals surface area contributed by atoms with Crippen molar-refractivity contribution >= 4 is 17.5 Å². The van der Waals surface area contributed by atoms with Gasteiger partial charge in [-0.2, -0.15) is 0 Å². The molecule has 1 aliphatic heterocycles. The van der Waals surface area contributed by atoms with Crippen molar-refractivity contribution in [2.75, 3.05) is 37.5 Å². The summed E-state index contributed by atoms with van der Waals surface area (Å²) in [5.41, 5.74) is 4.40. The molecular formula is C26H31N5O2. The smallest absolute Gasteiger partial charge is 0.196 e. The van der Waals surface area contributed by atoms with Crippen molar-refractivity contribution in [2.45, 2.75) is 26.4 Å². The Bertz CT molecular complexity index is 1110. The predicted molar refractivity (Wildman–Crippen MR) is 133 cm³/mol. The number of nitrogens with zero attached hydrogens (tertiary/aromatic N) is 3. The van der Waals surface area contributed by atoms with Gasteiger partial charge < -0.3 is 25.0 Å². The number of aliphatic imine (C=N–C) groups is 1. The van der Waals surface area contributed by atoms with Crippen LogP contribution >= 0.6 is 0 Å². The molecule has 2 aromatic carbocycles. The third-order valence-electron chi connectivity index (χ3n) is 5.42. The Balaban J connectivity index is 1.56. The number of benzene rings is 2. The number of ether oxygens (including phenoxy) is 2. The Morgan fingerprint density at radius 1 is 1.00 bits per heavy atom. The molecule has 0 saturated heterocycles. The molecule has 0 bridgehead atoms. The van der Waals surface area contributed by atoms with Gasteiger partial charge in [0.15, 0.2) is 17.5 Å². The highest BCUT2D eigenvalue weighted by Gasteiger charge is 2.12. The van der Waals surface area contributed by atoms with Crippen LogP contribution in [-0.2, 0) is 13.1 Å². The molecule has 0 radical (unpaired) electrons. The molecule has 0 fully saturated rings. The van der Waals surface area contributed by atoms with Crippen LogP contribution in [-0.4, -0.2) is 38.3 Å². The maximum absolute atomic E-state index is 5.85. The lowest BCUT2D eigenvalue weighted by Crippen LogP contribution is -2.30. The summed E-state index contributed by atoms with van der Waals surface area (Å²) in [6.07, 6.45) is 2.68. The molecule has 2 N–H and O–H groups in total. The van der Waals surface area contributed by atoms with Crippen molar-refractivity contribution in [2.24, 2.45) is 4.99 Å². The molecule has 4 rings (SSSR count). The zero-order valence-corrected chi connectivity index (χ0v) is 19.5. The normalized spacial score (nSPS) is 13.2. The highest BCUT2D eigenvalue weighted by Crippen LogP contribution is 2.32. The van der Waals surface area contributed by atoms with E-state index in [2.05, 4.69) is 52.9 Å². The lowest BCUT2D eigenvalue weighted by molar-refractivity contribution is 0.297. The van der Waals surface area contributed by atoms with Gasteiger partial charge in [-0.1, -0.05) is 30.3 Å². The largest absolute Gasteiger partial charge is 0.490 e. The molecule has 0 aliphatic carbocycles. The number of aromatic nitrogens is 1. The van der Waals surface area contributed by atoms with Gasteiger partial charge in [0.25, 0.3) is 0 Å². The lowest BCUT2D eigenvalue weighted by Gasteiger charge is -2.17. The summed E-state index contributed by atoms with van der Waals surface area (Å²) in [7, 11) is 3.98. The summed E-state index contributed by atoms with van der Waals surface area (Å²) in [5.74, 6) is 3.12. The van der Waals surface area contributed by atoms with Crippen molar-refractivity contribution in [3.05, 3.63) is 77.5 Å². The van der Waals surface area contributed by atoms with Gasteiger partial charge in [-0.25, -0.2) is 9.98 Å². The van der Waals surface area contributed by atoms with Crippen LogP contribution in [0.2, 0.25) is 0 Å². The van der Waals surface area contributed by atoms with E-state index in [4.69, 9.17) is 14.5 Å². The first-order valence-corrected chi connectivity index (χ1v) is 11.2. The van der Waals surface area contributed by atoms with Gasteiger partial charge in [-0.15, -0.1) is 0 Å². The van der Waals surface area contributed by atoms with Crippen LogP contribution in [0.25, 0.3) is 0 Å². The van der Waals surface area contributed by atoms with Crippen LogP contribution in [0, 0.1) is 6.92 Å². The monoisotopic (exact) mass is 445 g/mol. The molecule has 172 valence electrons. The molecule has 7 nitrogen and oxygen atoms in total. The SMILES string of the molecule is Cc1ccccc1CNC(=NCc1cccnc1N(C)C)Nc1ccc2c(c1)OCCCO2. The van der Waals surface area contributed by atoms with E-state index in [1.54, 1.807) is 6.20 Å². The van der Waals surface area contributed by atoms with E-state index in [1.165, 1.54) is 11.1 Å². The van der Waals surface area contributed by atoms with Gasteiger partial charge in [-0.05, 0) is 36.2 Å². The van der Waals surface area contributed by atoms with Crippen LogP contribution in [0.1, 0.15) is 23.1 Å². The second kappa shape index (κ2) is 10.7. The van der Waals surface area contributed by atoms with E-state index in [-0.39, 0.29) is 0 Å². The number of hydrogen-bond acceptors (Lipinski definition) is 5. The first-order valence-electron chi connectivity index (χ1n) is 11.2. The fraction of sp³-hybridized carbons (Fsp3) is 0.308. The molecule has 0 unspecified atom stereocenters. The molecule has 0 amide bonds. The van der Waals surface area contributed by atoms with Gasteiger partial charge >= 0.3 is 0 Å². The van der Waals surface area contributed by atoms with E-state index in [1.807, 2.05) is 43.3 Å². The number of rotatable bonds is 6. The molecule has 1 aliphatic rings. The van der Waals surface area contributed by atoms with Crippen LogP contribution in [0.4, 0.5) is 11.5 Å². The minimum atomic E-state index is 0.495. The van der Waals surface area contributed by atoms with Crippen LogP contribution in [0.5, 0.6) is 11.5 Å². The zero-order valence-electron chi connectivity index (χ0n) is 19.5.